The van der Waals surface area contributed by atoms with E-state index in [0.29, 0.717) is 12.6 Å². The summed E-state index contributed by atoms with van der Waals surface area (Å²) in [6, 6.07) is 6.67. The van der Waals surface area contributed by atoms with Crippen LogP contribution in [0.5, 0.6) is 0 Å². The van der Waals surface area contributed by atoms with E-state index in [0.717, 1.165) is 15.7 Å². The zero-order valence-electron chi connectivity index (χ0n) is 12.1. The van der Waals surface area contributed by atoms with E-state index in [9.17, 15) is 0 Å². The summed E-state index contributed by atoms with van der Waals surface area (Å²) in [5.74, 6) is 0. The Morgan fingerprint density at radius 2 is 2.10 bits per heavy atom. The molecule has 2 rings (SSSR count). The predicted octanol–water partition coefficient (Wildman–Crippen LogP) is 3.65. The number of aromatic nitrogens is 2. The first-order valence-corrected chi connectivity index (χ1v) is 7.56. The highest BCUT2D eigenvalue weighted by molar-refractivity contribution is 9.10. The molecule has 4 nitrogen and oxygen atoms in total. The average molecular weight is 337 g/mol. The van der Waals surface area contributed by atoms with Gasteiger partial charge in [-0.1, -0.05) is 15.9 Å². The molecule has 1 aromatic heterocycles. The molecule has 0 radical (unpaired) electrons. The molecule has 0 saturated heterocycles. The van der Waals surface area contributed by atoms with Crippen LogP contribution in [0.2, 0.25) is 0 Å². The molecular weight excluding hydrogens is 316 g/mol. The second-order valence-corrected chi connectivity index (χ2v) is 6.21. The van der Waals surface area contributed by atoms with Crippen LogP contribution in [-0.2, 0) is 0 Å². The lowest BCUT2D eigenvalue weighted by molar-refractivity contribution is 0.531. The summed E-state index contributed by atoms with van der Waals surface area (Å²) in [6.45, 7) is 6.82. The number of nitrogens with one attached hydrogen (secondary N) is 1. The Bertz CT molecular complexity index is 557. The highest BCUT2D eigenvalue weighted by atomic mass is 79.9. The van der Waals surface area contributed by atoms with Crippen molar-refractivity contribution in [1.29, 1.82) is 0 Å². The molecule has 0 saturated carbocycles. The van der Waals surface area contributed by atoms with Crippen LogP contribution in [0.4, 0.5) is 5.69 Å². The van der Waals surface area contributed by atoms with Gasteiger partial charge in [-0.3, -0.25) is 4.68 Å². The van der Waals surface area contributed by atoms with Crippen LogP contribution in [-0.4, -0.2) is 16.3 Å². The van der Waals surface area contributed by atoms with Gasteiger partial charge >= 0.3 is 0 Å². The second kappa shape index (κ2) is 6.41. The maximum Gasteiger partial charge on any atom is 0.0667 e. The Labute approximate surface area is 128 Å². The maximum atomic E-state index is 5.90. The largest absolute Gasteiger partial charge is 0.377 e. The lowest BCUT2D eigenvalue weighted by Gasteiger charge is -2.17. The molecule has 0 aliphatic carbocycles. The summed E-state index contributed by atoms with van der Waals surface area (Å²) in [6.07, 6.45) is 3.94. The molecule has 5 heteroatoms. The Morgan fingerprint density at radius 1 is 1.35 bits per heavy atom. The highest BCUT2D eigenvalue weighted by Crippen LogP contribution is 2.24. The number of benzene rings is 1. The van der Waals surface area contributed by atoms with Crippen molar-refractivity contribution in [3.63, 3.8) is 0 Å². The molecule has 3 N–H and O–H groups in total. The fourth-order valence-electron chi connectivity index (χ4n) is 2.11. The van der Waals surface area contributed by atoms with Gasteiger partial charge in [-0.15, -0.1) is 0 Å². The fourth-order valence-corrected chi connectivity index (χ4v) is 2.72. The van der Waals surface area contributed by atoms with Gasteiger partial charge in [0.25, 0.3) is 0 Å². The predicted molar refractivity (Wildman–Crippen MR) is 86.9 cm³/mol. The maximum absolute atomic E-state index is 5.90. The SMILES string of the molecule is Cc1cc(Br)cc(NC(CN)c2cnn(C(C)C)c2)c1. The number of nitrogens with two attached hydrogens (primary N) is 1. The molecule has 0 fully saturated rings. The van der Waals surface area contributed by atoms with Crippen LogP contribution in [0, 0.1) is 6.92 Å². The van der Waals surface area contributed by atoms with Crippen molar-refractivity contribution >= 4 is 21.6 Å². The van der Waals surface area contributed by atoms with Crippen molar-refractivity contribution in [1.82, 2.24) is 9.78 Å². The van der Waals surface area contributed by atoms with E-state index < -0.39 is 0 Å². The number of rotatable bonds is 5. The average Bonchev–Trinajstić information content (AvgIpc) is 2.84. The molecule has 0 amide bonds. The number of hydrogen-bond donors (Lipinski definition) is 2. The first kappa shape index (κ1) is 15.1. The summed E-state index contributed by atoms with van der Waals surface area (Å²) in [4.78, 5) is 0. The van der Waals surface area contributed by atoms with Gasteiger partial charge in [0.1, 0.15) is 0 Å². The molecule has 1 unspecified atom stereocenters. The van der Waals surface area contributed by atoms with Crippen LogP contribution >= 0.6 is 15.9 Å². The van der Waals surface area contributed by atoms with Gasteiger partial charge in [-0.25, -0.2) is 0 Å². The third-order valence-electron chi connectivity index (χ3n) is 3.17. The molecule has 108 valence electrons. The number of anilines is 1. The number of aryl methyl sites for hydroxylation is 1. The minimum Gasteiger partial charge on any atom is -0.377 e. The summed E-state index contributed by atoms with van der Waals surface area (Å²) in [5.41, 5.74) is 9.28. The third kappa shape index (κ3) is 3.61. The molecule has 20 heavy (non-hydrogen) atoms. The third-order valence-corrected chi connectivity index (χ3v) is 3.63. The van der Waals surface area contributed by atoms with Crippen molar-refractivity contribution in [3.05, 3.63) is 46.2 Å². The van der Waals surface area contributed by atoms with Crippen LogP contribution in [0.15, 0.2) is 35.1 Å². The Hall–Kier alpha value is -1.33. The fraction of sp³-hybridized carbons (Fsp3) is 0.400. The first-order valence-electron chi connectivity index (χ1n) is 6.77. The molecule has 1 atom stereocenters. The topological polar surface area (TPSA) is 55.9 Å². The van der Waals surface area contributed by atoms with E-state index in [1.807, 2.05) is 10.9 Å². The van der Waals surface area contributed by atoms with Crippen LogP contribution in [0.25, 0.3) is 0 Å². The normalized spacial score (nSPS) is 12.7. The lowest BCUT2D eigenvalue weighted by atomic mass is 10.1. The van der Waals surface area contributed by atoms with Crippen molar-refractivity contribution in [3.8, 4) is 0 Å². The number of nitrogens with zero attached hydrogens (tertiary/aromatic N) is 2. The molecule has 2 aromatic rings. The summed E-state index contributed by atoms with van der Waals surface area (Å²) < 4.78 is 3.01. The zero-order valence-corrected chi connectivity index (χ0v) is 13.7. The van der Waals surface area contributed by atoms with Gasteiger partial charge in [0.2, 0.25) is 0 Å². The quantitative estimate of drug-likeness (QED) is 0.876. The van der Waals surface area contributed by atoms with Gasteiger partial charge in [0.05, 0.1) is 12.2 Å². The lowest BCUT2D eigenvalue weighted by Crippen LogP contribution is -2.20. The van der Waals surface area contributed by atoms with E-state index in [-0.39, 0.29) is 6.04 Å². The van der Waals surface area contributed by atoms with Gasteiger partial charge < -0.3 is 11.1 Å². The van der Waals surface area contributed by atoms with E-state index >= 15 is 0 Å². The van der Waals surface area contributed by atoms with E-state index in [2.05, 4.69) is 71.5 Å². The van der Waals surface area contributed by atoms with Crippen LogP contribution in [0.1, 0.15) is 37.1 Å². The van der Waals surface area contributed by atoms with Gasteiger partial charge in [-0.2, -0.15) is 5.10 Å². The van der Waals surface area contributed by atoms with Gasteiger partial charge in [0, 0.05) is 34.5 Å². The van der Waals surface area contributed by atoms with Crippen molar-refractivity contribution in [2.45, 2.75) is 32.9 Å². The van der Waals surface area contributed by atoms with E-state index in [4.69, 9.17) is 5.73 Å². The highest BCUT2D eigenvalue weighted by Gasteiger charge is 2.13. The molecular formula is C15H21BrN4. The number of hydrogen-bond acceptors (Lipinski definition) is 3. The zero-order chi connectivity index (χ0) is 14.7. The number of halogens is 1. The second-order valence-electron chi connectivity index (χ2n) is 5.30. The Balaban J connectivity index is 2.19. The van der Waals surface area contributed by atoms with Gasteiger partial charge in [-0.05, 0) is 44.5 Å². The molecule has 0 bridgehead atoms. The van der Waals surface area contributed by atoms with E-state index in [1.54, 1.807) is 0 Å². The van der Waals surface area contributed by atoms with Crippen molar-refractivity contribution in [2.24, 2.45) is 5.73 Å². The Morgan fingerprint density at radius 3 is 2.65 bits per heavy atom. The minimum absolute atomic E-state index is 0.0659. The molecule has 0 aliphatic rings. The molecule has 0 spiro atoms. The summed E-state index contributed by atoms with van der Waals surface area (Å²) >= 11 is 3.52. The molecule has 1 aromatic carbocycles. The van der Waals surface area contributed by atoms with Gasteiger partial charge in [0.15, 0.2) is 0 Å². The molecule has 1 heterocycles. The summed E-state index contributed by atoms with van der Waals surface area (Å²) in [5, 5.41) is 7.84. The minimum atomic E-state index is 0.0659. The van der Waals surface area contributed by atoms with Crippen molar-refractivity contribution < 1.29 is 0 Å². The van der Waals surface area contributed by atoms with Crippen LogP contribution < -0.4 is 11.1 Å². The van der Waals surface area contributed by atoms with E-state index in [1.165, 1.54) is 5.56 Å². The smallest absolute Gasteiger partial charge is 0.0667 e. The Kier molecular flexibility index (Phi) is 4.83. The first-order chi connectivity index (χ1) is 9.49. The van der Waals surface area contributed by atoms with Crippen LogP contribution in [0.3, 0.4) is 0 Å². The summed E-state index contributed by atoms with van der Waals surface area (Å²) in [7, 11) is 0. The monoisotopic (exact) mass is 336 g/mol. The standard InChI is InChI=1S/C15H21BrN4/c1-10(2)20-9-12(8-18-20)15(7-17)19-14-5-11(3)4-13(16)6-14/h4-6,8-10,15,19H,7,17H2,1-3H3. The molecule has 0 aliphatic heterocycles. The van der Waals surface area contributed by atoms with Crippen molar-refractivity contribution in [2.75, 3.05) is 11.9 Å².